The predicted molar refractivity (Wildman–Crippen MR) is 59.5 cm³/mol. The minimum Gasteiger partial charge on any atom is -0.511 e. The van der Waals surface area contributed by atoms with Gasteiger partial charge in [0.15, 0.2) is 0 Å². The monoisotopic (exact) mass is 212 g/mol. The van der Waals surface area contributed by atoms with Crippen molar-refractivity contribution in [3.8, 4) is 24.7 Å². The lowest BCUT2D eigenvalue weighted by Gasteiger charge is -2.04. The maximum Gasteiger partial charge on any atom is 0.356 e. The molecule has 2 radical (unpaired) electrons. The molecule has 1 aromatic rings. The van der Waals surface area contributed by atoms with Gasteiger partial charge in [0, 0.05) is 18.1 Å². The summed E-state index contributed by atoms with van der Waals surface area (Å²) in [6.07, 6.45) is 10.7. The number of terminal acetylenes is 2. The number of benzene rings is 1. The first-order valence-electron chi connectivity index (χ1n) is 4.18. The molecule has 0 bridgehead atoms. The maximum absolute atomic E-state index is 10.7. The molecule has 0 aliphatic rings. The van der Waals surface area contributed by atoms with E-state index in [1.807, 2.05) is 0 Å². The van der Waals surface area contributed by atoms with Gasteiger partial charge in [-0.1, -0.05) is 24.0 Å². The summed E-state index contributed by atoms with van der Waals surface area (Å²) >= 11 is 0. The van der Waals surface area contributed by atoms with Gasteiger partial charge in [-0.05, 0) is 11.3 Å². The van der Waals surface area contributed by atoms with E-state index < -0.39 is 0 Å². The first kappa shape index (κ1) is 11.1. The van der Waals surface area contributed by atoms with Gasteiger partial charge in [-0.2, -0.15) is 0 Å². The molecule has 0 atom stereocenters. The Balaban J connectivity index is 3.04. The Morgan fingerprint density at radius 1 is 1.40 bits per heavy atom. The molecule has 0 saturated carbocycles. The van der Waals surface area contributed by atoms with Crippen LogP contribution in [0.3, 0.4) is 0 Å². The van der Waals surface area contributed by atoms with Crippen molar-refractivity contribution in [3.63, 3.8) is 0 Å². The van der Waals surface area contributed by atoms with Crippen LogP contribution in [0.15, 0.2) is 18.2 Å². The lowest BCUT2D eigenvalue weighted by Crippen LogP contribution is -2.23. The van der Waals surface area contributed by atoms with Crippen LogP contribution in [0.25, 0.3) is 0 Å². The zero-order valence-electron chi connectivity index (χ0n) is 8.20. The summed E-state index contributed by atoms with van der Waals surface area (Å²) in [4.78, 5) is 10.7. The van der Waals surface area contributed by atoms with Crippen molar-refractivity contribution in [3.05, 3.63) is 29.3 Å². The van der Waals surface area contributed by atoms with Crippen molar-refractivity contribution in [1.82, 2.24) is 0 Å². The van der Waals surface area contributed by atoms with Crippen LogP contribution in [0.1, 0.15) is 18.1 Å². The van der Waals surface area contributed by atoms with E-state index in [4.69, 9.17) is 17.3 Å². The fourth-order valence-electron chi connectivity index (χ4n) is 1.04. The maximum atomic E-state index is 10.7. The topological polar surface area (TPSA) is 26.3 Å². The molecule has 3 heteroatoms. The van der Waals surface area contributed by atoms with Crippen molar-refractivity contribution in [1.29, 1.82) is 0 Å². The molecule has 0 fully saturated rings. The second kappa shape index (κ2) is 5.04. The molecule has 0 N–H and O–H groups in total. The van der Waals surface area contributed by atoms with E-state index in [-0.39, 0.29) is 15.7 Å². The van der Waals surface area contributed by atoms with Gasteiger partial charge < -0.3 is 4.43 Å². The van der Waals surface area contributed by atoms with Crippen LogP contribution in [0.4, 0.5) is 0 Å². The molecule has 0 aliphatic carbocycles. The zero-order valence-corrected chi connectivity index (χ0v) is 9.20. The van der Waals surface area contributed by atoms with Gasteiger partial charge >= 0.3 is 9.76 Å². The smallest absolute Gasteiger partial charge is 0.356 e. The van der Waals surface area contributed by atoms with Gasteiger partial charge in [0.05, 0.1) is 0 Å². The van der Waals surface area contributed by atoms with E-state index in [1.165, 1.54) is 6.92 Å². The largest absolute Gasteiger partial charge is 0.511 e. The highest BCUT2D eigenvalue weighted by Gasteiger charge is 2.08. The van der Waals surface area contributed by atoms with Crippen LogP contribution in [0.5, 0.6) is 0 Å². The number of carbonyl (C=O) groups excluding carboxylic acids is 1. The fourth-order valence-corrected chi connectivity index (χ4v) is 1.77. The van der Waals surface area contributed by atoms with E-state index in [1.54, 1.807) is 18.2 Å². The third-order valence-electron chi connectivity index (χ3n) is 1.67. The molecule has 1 rings (SSSR count). The Morgan fingerprint density at radius 3 is 2.67 bits per heavy atom. The zero-order chi connectivity index (χ0) is 11.3. The molecular weight excluding hydrogens is 204 g/mol. The van der Waals surface area contributed by atoms with Crippen LogP contribution >= 0.6 is 0 Å². The Kier molecular flexibility index (Phi) is 3.73. The Bertz CT molecular complexity index is 463. The van der Waals surface area contributed by atoms with E-state index in [2.05, 4.69) is 11.8 Å². The average molecular weight is 212 g/mol. The molecule has 0 unspecified atom stereocenters. The number of rotatable bonds is 2. The van der Waals surface area contributed by atoms with Gasteiger partial charge in [0.1, 0.15) is 0 Å². The van der Waals surface area contributed by atoms with Crippen molar-refractivity contribution < 1.29 is 9.22 Å². The number of carbonyl (C=O) groups is 1. The molecule has 0 amide bonds. The minimum absolute atomic E-state index is 0.0977. The van der Waals surface area contributed by atoms with Crippen molar-refractivity contribution in [2.45, 2.75) is 6.92 Å². The van der Waals surface area contributed by atoms with Crippen LogP contribution < -0.4 is 5.19 Å². The Hall–Kier alpha value is -1.97. The second-order valence-electron chi connectivity index (χ2n) is 2.71. The summed E-state index contributed by atoms with van der Waals surface area (Å²) in [6, 6.07) is 5.36. The minimum atomic E-state index is -0.331. The third-order valence-corrected chi connectivity index (χ3v) is 2.70. The predicted octanol–water partition coefficient (Wildman–Crippen LogP) is 0.457. The van der Waals surface area contributed by atoms with Gasteiger partial charge in [-0.15, -0.1) is 12.8 Å². The van der Waals surface area contributed by atoms with E-state index in [0.717, 1.165) is 5.19 Å². The fraction of sp³-hybridized carbons (Fsp3) is 0.0833. The standard InChI is InChI=1S/C12H8O2Si/c1-4-10-7-6-8-12(11(10)5-2)15-14-9(3)13/h1-2,6-8H,3H3. The molecule has 72 valence electrons. The summed E-state index contributed by atoms with van der Waals surface area (Å²) < 4.78 is 4.89. The summed E-state index contributed by atoms with van der Waals surface area (Å²) in [5.74, 6) is 4.68. The molecule has 15 heavy (non-hydrogen) atoms. The van der Waals surface area contributed by atoms with Crippen LogP contribution in [0.2, 0.25) is 0 Å². The molecular formula is C12H8O2Si. The summed E-state index contributed by atoms with van der Waals surface area (Å²) in [5, 5.41) is 0.781. The molecule has 2 nitrogen and oxygen atoms in total. The lowest BCUT2D eigenvalue weighted by atomic mass is 10.1. The van der Waals surface area contributed by atoms with Gasteiger partial charge in [-0.3, -0.25) is 4.79 Å². The van der Waals surface area contributed by atoms with Crippen LogP contribution in [-0.2, 0) is 9.22 Å². The Morgan fingerprint density at radius 2 is 2.13 bits per heavy atom. The van der Waals surface area contributed by atoms with Gasteiger partial charge in [0.2, 0.25) is 0 Å². The highest BCUT2D eigenvalue weighted by atomic mass is 28.2. The first-order chi connectivity index (χ1) is 7.19. The highest BCUT2D eigenvalue weighted by molar-refractivity contribution is 6.49. The summed E-state index contributed by atoms with van der Waals surface area (Å²) in [6.45, 7) is 1.35. The molecule has 0 aliphatic heterocycles. The number of hydrogen-bond donors (Lipinski definition) is 0. The normalized spacial score (nSPS) is 8.73. The van der Waals surface area contributed by atoms with Crippen molar-refractivity contribution in [2.75, 3.05) is 0 Å². The van der Waals surface area contributed by atoms with Crippen molar-refractivity contribution >= 4 is 20.9 Å². The highest BCUT2D eigenvalue weighted by Crippen LogP contribution is 2.02. The summed E-state index contributed by atoms with van der Waals surface area (Å²) in [7, 11) is -0.0977. The quantitative estimate of drug-likeness (QED) is 0.526. The third kappa shape index (κ3) is 2.73. The molecule has 0 saturated heterocycles. The Labute approximate surface area is 91.6 Å². The summed E-state index contributed by atoms with van der Waals surface area (Å²) in [5.41, 5.74) is 1.27. The van der Waals surface area contributed by atoms with Gasteiger partial charge in [-0.25, -0.2) is 0 Å². The van der Waals surface area contributed by atoms with E-state index in [0.29, 0.717) is 11.1 Å². The first-order valence-corrected chi connectivity index (χ1v) is 5.09. The lowest BCUT2D eigenvalue weighted by molar-refractivity contribution is -0.131. The molecule has 0 heterocycles. The van der Waals surface area contributed by atoms with Crippen LogP contribution in [0, 0.1) is 24.7 Å². The van der Waals surface area contributed by atoms with E-state index >= 15 is 0 Å². The number of hydrogen-bond acceptors (Lipinski definition) is 2. The van der Waals surface area contributed by atoms with Gasteiger partial charge in [0.25, 0.3) is 5.97 Å². The van der Waals surface area contributed by atoms with Crippen molar-refractivity contribution in [2.24, 2.45) is 0 Å². The SMILES string of the molecule is C#Cc1cccc([Si]OC(C)=O)c1C#C. The molecule has 1 aromatic carbocycles. The molecule has 0 spiro atoms. The second-order valence-corrected chi connectivity index (χ2v) is 3.66. The van der Waals surface area contributed by atoms with E-state index in [9.17, 15) is 4.79 Å². The molecule has 0 aromatic heterocycles. The average Bonchev–Trinajstić information content (AvgIpc) is 2.25. The van der Waals surface area contributed by atoms with Crippen LogP contribution in [-0.4, -0.2) is 15.7 Å².